The third kappa shape index (κ3) is 7.45. The van der Waals surface area contributed by atoms with Crippen LogP contribution in [0.2, 0.25) is 5.04 Å². The van der Waals surface area contributed by atoms with Crippen LogP contribution in [0.25, 0.3) is 0 Å². The molecule has 180 valence electrons. The van der Waals surface area contributed by atoms with Gasteiger partial charge in [-0.25, -0.2) is 0 Å². The zero-order chi connectivity index (χ0) is 24.7. The first kappa shape index (κ1) is 28.2. The largest absolute Gasteiger partial charge is 0.404 e. The molecule has 2 aromatic carbocycles. The number of aliphatic hydroxyl groups is 1. The van der Waals surface area contributed by atoms with Gasteiger partial charge in [0.15, 0.2) is 0 Å². The summed E-state index contributed by atoms with van der Waals surface area (Å²) in [6.45, 7) is 11.2. The minimum atomic E-state index is -2.53. The van der Waals surface area contributed by atoms with E-state index in [2.05, 4.69) is 94.4 Å². The standard InChI is InChI=1S/C27H35Cl3O2Si/c1-21(13-12-14-22(2)25(31)27(28,29)30)19-20-32-33(26(3,4)5,23-15-8-6-9-16-23)24-17-10-7-11-18-24/h6-11,14-19,25,31H,12-13,20H2,1-5H3/b21-19+,22-14-. The molecule has 1 N–H and O–H groups in total. The zero-order valence-electron chi connectivity index (χ0n) is 20.1. The second-order valence-corrected chi connectivity index (χ2v) is 16.1. The van der Waals surface area contributed by atoms with Crippen molar-refractivity contribution >= 4 is 53.5 Å². The molecule has 0 aliphatic rings. The Balaban J connectivity index is 2.21. The fourth-order valence-electron chi connectivity index (χ4n) is 4.07. The van der Waals surface area contributed by atoms with Crippen LogP contribution < -0.4 is 10.4 Å². The lowest BCUT2D eigenvalue weighted by molar-refractivity contribution is 0.215. The van der Waals surface area contributed by atoms with Crippen LogP contribution in [0.5, 0.6) is 0 Å². The van der Waals surface area contributed by atoms with Gasteiger partial charge in [-0.05, 0) is 47.7 Å². The van der Waals surface area contributed by atoms with Crippen LogP contribution in [0.4, 0.5) is 0 Å². The number of aliphatic hydroxyl groups excluding tert-OH is 1. The summed E-state index contributed by atoms with van der Waals surface area (Å²) in [5.41, 5.74) is 1.88. The Bertz CT molecular complexity index is 890. The molecule has 2 rings (SSSR count). The number of benzene rings is 2. The molecule has 1 atom stereocenters. The summed E-state index contributed by atoms with van der Waals surface area (Å²) in [7, 11) is -2.53. The Labute approximate surface area is 215 Å². The van der Waals surface area contributed by atoms with Gasteiger partial charge in [-0.15, -0.1) is 0 Å². The summed E-state index contributed by atoms with van der Waals surface area (Å²) >= 11 is 17.4. The SMILES string of the molecule is C/C(=C/CC/C(C)=C/CO[Si](c1ccccc1)(c1ccccc1)C(C)(C)C)C(O)C(Cl)(Cl)Cl. The van der Waals surface area contributed by atoms with Crippen molar-refractivity contribution in [2.75, 3.05) is 6.61 Å². The molecule has 0 bridgehead atoms. The van der Waals surface area contributed by atoms with E-state index in [4.69, 9.17) is 39.2 Å². The molecule has 0 fully saturated rings. The van der Waals surface area contributed by atoms with E-state index in [1.54, 1.807) is 6.92 Å². The average molecular weight is 526 g/mol. The molecule has 0 heterocycles. The lowest BCUT2D eigenvalue weighted by Crippen LogP contribution is -2.66. The van der Waals surface area contributed by atoms with Crippen molar-refractivity contribution < 1.29 is 9.53 Å². The molecule has 2 nitrogen and oxygen atoms in total. The molecule has 0 radical (unpaired) electrons. The highest BCUT2D eigenvalue weighted by Gasteiger charge is 2.49. The van der Waals surface area contributed by atoms with Gasteiger partial charge in [-0.3, -0.25) is 0 Å². The van der Waals surface area contributed by atoms with Crippen LogP contribution in [0.1, 0.15) is 47.5 Å². The molecule has 6 heteroatoms. The van der Waals surface area contributed by atoms with Gasteiger partial charge in [-0.1, -0.05) is 134 Å². The van der Waals surface area contributed by atoms with Crippen molar-refractivity contribution in [3.8, 4) is 0 Å². The summed E-state index contributed by atoms with van der Waals surface area (Å²) in [5.74, 6) is 0. The van der Waals surface area contributed by atoms with Gasteiger partial charge in [0.25, 0.3) is 8.32 Å². The molecule has 2 aromatic rings. The third-order valence-electron chi connectivity index (χ3n) is 5.89. The summed E-state index contributed by atoms with van der Waals surface area (Å²) in [6.07, 6.45) is 4.57. The molecular formula is C27H35Cl3O2Si. The lowest BCUT2D eigenvalue weighted by atomic mass is 10.1. The number of allylic oxidation sites excluding steroid dienone is 2. The van der Waals surface area contributed by atoms with E-state index in [1.807, 2.05) is 6.08 Å². The first-order chi connectivity index (χ1) is 15.4. The van der Waals surface area contributed by atoms with Crippen LogP contribution >= 0.6 is 34.8 Å². The maximum atomic E-state index is 10.0. The molecule has 0 aliphatic carbocycles. The third-order valence-corrected chi connectivity index (χ3v) is 11.5. The van der Waals surface area contributed by atoms with Crippen molar-refractivity contribution in [1.82, 2.24) is 0 Å². The molecule has 0 saturated heterocycles. The Morgan fingerprint density at radius 3 is 1.82 bits per heavy atom. The van der Waals surface area contributed by atoms with E-state index in [0.29, 0.717) is 12.2 Å². The van der Waals surface area contributed by atoms with Gasteiger partial charge in [0.2, 0.25) is 3.79 Å². The maximum Gasteiger partial charge on any atom is 0.261 e. The molecule has 0 aromatic heterocycles. The minimum Gasteiger partial charge on any atom is -0.404 e. The number of halogens is 3. The predicted molar refractivity (Wildman–Crippen MR) is 147 cm³/mol. The van der Waals surface area contributed by atoms with Crippen LogP contribution in [0, 0.1) is 0 Å². The van der Waals surface area contributed by atoms with Gasteiger partial charge >= 0.3 is 0 Å². The number of hydrogen-bond acceptors (Lipinski definition) is 2. The average Bonchev–Trinajstić information content (AvgIpc) is 2.76. The summed E-state index contributed by atoms with van der Waals surface area (Å²) in [4.78, 5) is 0. The summed E-state index contributed by atoms with van der Waals surface area (Å²) < 4.78 is 5.19. The van der Waals surface area contributed by atoms with Gasteiger partial charge in [0.05, 0.1) is 6.61 Å². The Morgan fingerprint density at radius 1 is 0.909 bits per heavy atom. The Morgan fingerprint density at radius 2 is 1.39 bits per heavy atom. The highest BCUT2D eigenvalue weighted by molar-refractivity contribution is 6.99. The molecule has 0 saturated carbocycles. The maximum absolute atomic E-state index is 10.0. The molecule has 0 aliphatic heterocycles. The van der Waals surface area contributed by atoms with Crippen LogP contribution in [-0.4, -0.2) is 29.9 Å². The number of hydrogen-bond donors (Lipinski definition) is 1. The van der Waals surface area contributed by atoms with Crippen molar-refractivity contribution in [2.24, 2.45) is 0 Å². The Hall–Kier alpha value is -1.07. The molecular weight excluding hydrogens is 491 g/mol. The van der Waals surface area contributed by atoms with Crippen LogP contribution in [0.3, 0.4) is 0 Å². The van der Waals surface area contributed by atoms with Gasteiger partial charge in [-0.2, -0.15) is 0 Å². The quantitative estimate of drug-likeness (QED) is 0.218. The van der Waals surface area contributed by atoms with E-state index in [9.17, 15) is 5.11 Å². The molecule has 0 spiro atoms. The smallest absolute Gasteiger partial charge is 0.261 e. The first-order valence-electron chi connectivity index (χ1n) is 11.2. The zero-order valence-corrected chi connectivity index (χ0v) is 23.4. The van der Waals surface area contributed by atoms with Crippen molar-refractivity contribution in [3.63, 3.8) is 0 Å². The monoisotopic (exact) mass is 524 g/mol. The van der Waals surface area contributed by atoms with E-state index in [-0.39, 0.29) is 5.04 Å². The van der Waals surface area contributed by atoms with E-state index in [1.165, 1.54) is 15.9 Å². The number of rotatable bonds is 9. The summed E-state index contributed by atoms with van der Waals surface area (Å²) in [5, 5.41) is 12.5. The second kappa shape index (κ2) is 12.1. The molecule has 1 unspecified atom stereocenters. The highest BCUT2D eigenvalue weighted by Crippen LogP contribution is 2.37. The van der Waals surface area contributed by atoms with Crippen molar-refractivity contribution in [2.45, 2.75) is 62.4 Å². The van der Waals surface area contributed by atoms with Crippen molar-refractivity contribution in [1.29, 1.82) is 0 Å². The first-order valence-corrected chi connectivity index (χ1v) is 14.3. The lowest BCUT2D eigenvalue weighted by Gasteiger charge is -2.42. The Kier molecular flexibility index (Phi) is 10.3. The van der Waals surface area contributed by atoms with Gasteiger partial charge in [0.1, 0.15) is 6.10 Å². The van der Waals surface area contributed by atoms with Crippen LogP contribution in [-0.2, 0) is 4.43 Å². The highest BCUT2D eigenvalue weighted by atomic mass is 35.6. The number of alkyl halides is 3. The van der Waals surface area contributed by atoms with E-state index < -0.39 is 18.2 Å². The fourth-order valence-corrected chi connectivity index (χ4v) is 9.07. The minimum absolute atomic E-state index is 0.0510. The normalized spacial score (nSPS) is 14.9. The van der Waals surface area contributed by atoms with Gasteiger partial charge < -0.3 is 9.53 Å². The topological polar surface area (TPSA) is 29.5 Å². The van der Waals surface area contributed by atoms with Crippen molar-refractivity contribution in [3.05, 3.63) is 84.0 Å². The van der Waals surface area contributed by atoms with E-state index >= 15 is 0 Å². The van der Waals surface area contributed by atoms with E-state index in [0.717, 1.165) is 12.8 Å². The summed E-state index contributed by atoms with van der Waals surface area (Å²) in [6, 6.07) is 21.3. The molecule has 33 heavy (non-hydrogen) atoms. The van der Waals surface area contributed by atoms with Gasteiger partial charge in [0, 0.05) is 0 Å². The van der Waals surface area contributed by atoms with Crippen LogP contribution in [0.15, 0.2) is 84.0 Å². The fraction of sp³-hybridized carbons (Fsp3) is 0.407. The predicted octanol–water partition coefficient (Wildman–Crippen LogP) is 6.97. The molecule has 0 amide bonds. The second-order valence-electron chi connectivity index (χ2n) is 9.46.